The van der Waals surface area contributed by atoms with Gasteiger partial charge in [0.25, 0.3) is 0 Å². The van der Waals surface area contributed by atoms with E-state index < -0.39 is 5.60 Å². The molecule has 0 bridgehead atoms. The predicted molar refractivity (Wildman–Crippen MR) is 75.2 cm³/mol. The molecule has 0 aromatic heterocycles. The molecule has 104 valence electrons. The number of phenolic OH excluding ortho intramolecular Hbond substituents is 1. The summed E-state index contributed by atoms with van der Waals surface area (Å²) in [7, 11) is 0. The lowest BCUT2D eigenvalue weighted by atomic mass is 9.53. The van der Waals surface area contributed by atoms with Gasteiger partial charge in [-0.1, -0.05) is 25.0 Å². The molecule has 1 fully saturated rings. The Labute approximate surface area is 114 Å². The third-order valence-electron chi connectivity index (χ3n) is 5.32. The van der Waals surface area contributed by atoms with Crippen LogP contribution in [0.4, 0.5) is 0 Å². The Hall–Kier alpha value is -1.06. The average Bonchev–Trinajstić information content (AvgIpc) is 2.40. The lowest BCUT2D eigenvalue weighted by Crippen LogP contribution is -2.57. The van der Waals surface area contributed by atoms with E-state index in [4.69, 9.17) is 5.73 Å². The molecule has 3 rings (SSSR count). The maximum Gasteiger partial charge on any atom is 0.119 e. The van der Waals surface area contributed by atoms with Crippen LogP contribution in [0.1, 0.15) is 49.7 Å². The molecule has 0 saturated heterocycles. The van der Waals surface area contributed by atoms with Crippen LogP contribution in [0, 0.1) is 0 Å². The highest BCUT2D eigenvalue weighted by Crippen LogP contribution is 2.56. The Kier molecular flexibility index (Phi) is 3.06. The van der Waals surface area contributed by atoms with Crippen LogP contribution in [0.15, 0.2) is 18.2 Å². The van der Waals surface area contributed by atoms with Crippen molar-refractivity contribution in [2.75, 3.05) is 6.54 Å². The SMILES string of the molecule is NCC[C@@]12CCCC[C@]1(O)CCc1cccc(O)c12. The zero-order valence-electron chi connectivity index (χ0n) is 11.4. The third-order valence-corrected chi connectivity index (χ3v) is 5.32. The van der Waals surface area contributed by atoms with Crippen molar-refractivity contribution in [1.29, 1.82) is 0 Å². The van der Waals surface area contributed by atoms with Gasteiger partial charge in [0.05, 0.1) is 5.60 Å². The number of aryl methyl sites for hydroxylation is 1. The Balaban J connectivity index is 2.21. The molecule has 0 heterocycles. The number of fused-ring (bicyclic) bond motifs is 3. The first-order valence-corrected chi connectivity index (χ1v) is 7.37. The van der Waals surface area contributed by atoms with Gasteiger partial charge in [-0.2, -0.15) is 0 Å². The van der Waals surface area contributed by atoms with Crippen LogP contribution < -0.4 is 5.73 Å². The van der Waals surface area contributed by atoms with Gasteiger partial charge in [-0.15, -0.1) is 0 Å². The molecule has 0 spiro atoms. The molecule has 19 heavy (non-hydrogen) atoms. The summed E-state index contributed by atoms with van der Waals surface area (Å²) in [6.07, 6.45) is 6.36. The van der Waals surface area contributed by atoms with Gasteiger partial charge in [0.1, 0.15) is 5.75 Å². The van der Waals surface area contributed by atoms with Gasteiger partial charge >= 0.3 is 0 Å². The summed E-state index contributed by atoms with van der Waals surface area (Å²) in [5, 5.41) is 21.5. The quantitative estimate of drug-likeness (QED) is 0.765. The van der Waals surface area contributed by atoms with E-state index in [9.17, 15) is 10.2 Å². The normalized spacial score (nSPS) is 33.6. The molecule has 0 amide bonds. The number of aliphatic hydroxyl groups is 1. The Morgan fingerprint density at radius 1 is 1.16 bits per heavy atom. The lowest BCUT2D eigenvalue weighted by molar-refractivity contribution is -0.0870. The van der Waals surface area contributed by atoms with Crippen LogP contribution in [-0.4, -0.2) is 22.4 Å². The lowest BCUT2D eigenvalue weighted by Gasteiger charge is -2.54. The first kappa shape index (κ1) is 12.9. The summed E-state index contributed by atoms with van der Waals surface area (Å²) >= 11 is 0. The number of phenols is 1. The molecule has 2 atom stereocenters. The fraction of sp³-hybridized carbons (Fsp3) is 0.625. The van der Waals surface area contributed by atoms with Gasteiger partial charge in [-0.25, -0.2) is 0 Å². The first-order valence-electron chi connectivity index (χ1n) is 7.37. The number of nitrogens with two attached hydrogens (primary N) is 1. The molecule has 1 aromatic carbocycles. The summed E-state index contributed by atoms with van der Waals surface area (Å²) in [4.78, 5) is 0. The molecule has 1 aromatic rings. The van der Waals surface area contributed by atoms with Crippen LogP contribution in [0.5, 0.6) is 5.75 Å². The molecule has 3 heteroatoms. The van der Waals surface area contributed by atoms with Gasteiger partial charge in [0.15, 0.2) is 0 Å². The van der Waals surface area contributed by atoms with E-state index in [1.54, 1.807) is 6.07 Å². The largest absolute Gasteiger partial charge is 0.508 e. The number of aromatic hydroxyl groups is 1. The molecule has 0 aliphatic heterocycles. The number of hydrogen-bond acceptors (Lipinski definition) is 3. The second-order valence-corrected chi connectivity index (χ2v) is 6.17. The van der Waals surface area contributed by atoms with Crippen LogP contribution >= 0.6 is 0 Å². The second kappa shape index (κ2) is 4.50. The van der Waals surface area contributed by atoms with Crippen molar-refractivity contribution >= 4 is 0 Å². The van der Waals surface area contributed by atoms with Crippen LogP contribution in [-0.2, 0) is 11.8 Å². The van der Waals surface area contributed by atoms with Gasteiger partial charge in [0, 0.05) is 11.0 Å². The van der Waals surface area contributed by atoms with E-state index in [0.29, 0.717) is 12.3 Å². The molecule has 4 N–H and O–H groups in total. The first-order chi connectivity index (χ1) is 9.13. The summed E-state index contributed by atoms with van der Waals surface area (Å²) < 4.78 is 0. The number of rotatable bonds is 2. The minimum absolute atomic E-state index is 0.334. The standard InChI is InChI=1S/C16H23NO2/c17-11-10-15-7-1-2-8-16(15,19)9-6-12-4-3-5-13(18)14(12)15/h3-5,18-19H,1-2,6-11,17H2/t15-,16+/m1/s1. The molecule has 3 nitrogen and oxygen atoms in total. The minimum atomic E-state index is -0.684. The Morgan fingerprint density at radius 2 is 1.95 bits per heavy atom. The van der Waals surface area contributed by atoms with Crippen molar-refractivity contribution in [3.05, 3.63) is 29.3 Å². The van der Waals surface area contributed by atoms with Crippen LogP contribution in [0.25, 0.3) is 0 Å². The molecule has 2 aliphatic rings. The van der Waals surface area contributed by atoms with E-state index in [1.807, 2.05) is 6.07 Å². The topological polar surface area (TPSA) is 66.5 Å². The summed E-state index contributed by atoms with van der Waals surface area (Å²) in [6, 6.07) is 5.73. The van der Waals surface area contributed by atoms with Crippen LogP contribution in [0.2, 0.25) is 0 Å². The maximum absolute atomic E-state index is 11.2. The molecule has 0 radical (unpaired) electrons. The van der Waals surface area contributed by atoms with Crippen molar-refractivity contribution in [2.24, 2.45) is 5.73 Å². The van der Waals surface area contributed by atoms with E-state index in [1.165, 1.54) is 5.56 Å². The van der Waals surface area contributed by atoms with E-state index >= 15 is 0 Å². The zero-order valence-corrected chi connectivity index (χ0v) is 11.4. The Morgan fingerprint density at radius 3 is 2.74 bits per heavy atom. The van der Waals surface area contributed by atoms with Crippen molar-refractivity contribution in [3.8, 4) is 5.75 Å². The van der Waals surface area contributed by atoms with E-state index in [0.717, 1.165) is 50.5 Å². The number of hydrogen-bond donors (Lipinski definition) is 3. The maximum atomic E-state index is 11.2. The number of benzene rings is 1. The average molecular weight is 261 g/mol. The van der Waals surface area contributed by atoms with Crippen LogP contribution in [0.3, 0.4) is 0 Å². The highest BCUT2D eigenvalue weighted by atomic mass is 16.3. The van der Waals surface area contributed by atoms with Gasteiger partial charge in [0.2, 0.25) is 0 Å². The van der Waals surface area contributed by atoms with Gasteiger partial charge < -0.3 is 15.9 Å². The van der Waals surface area contributed by atoms with Crippen molar-refractivity contribution in [3.63, 3.8) is 0 Å². The molecule has 2 aliphatic carbocycles. The van der Waals surface area contributed by atoms with E-state index in [-0.39, 0.29) is 5.41 Å². The third kappa shape index (κ3) is 1.72. The second-order valence-electron chi connectivity index (χ2n) is 6.17. The van der Waals surface area contributed by atoms with Gasteiger partial charge in [-0.05, 0) is 50.3 Å². The fourth-order valence-corrected chi connectivity index (χ4v) is 4.46. The van der Waals surface area contributed by atoms with Crippen molar-refractivity contribution in [2.45, 2.75) is 56.0 Å². The Bertz CT molecular complexity index is 484. The fourth-order valence-electron chi connectivity index (χ4n) is 4.46. The van der Waals surface area contributed by atoms with Crippen molar-refractivity contribution < 1.29 is 10.2 Å². The zero-order chi connectivity index (χ0) is 13.5. The van der Waals surface area contributed by atoms with Crippen molar-refractivity contribution in [1.82, 2.24) is 0 Å². The molecule has 1 saturated carbocycles. The summed E-state index contributed by atoms with van der Waals surface area (Å²) in [6.45, 7) is 0.552. The molecular formula is C16H23NO2. The highest BCUT2D eigenvalue weighted by molar-refractivity contribution is 5.49. The monoisotopic (exact) mass is 261 g/mol. The highest BCUT2D eigenvalue weighted by Gasteiger charge is 2.55. The minimum Gasteiger partial charge on any atom is -0.508 e. The smallest absolute Gasteiger partial charge is 0.119 e. The van der Waals surface area contributed by atoms with E-state index in [2.05, 4.69) is 6.07 Å². The predicted octanol–water partition coefficient (Wildman–Crippen LogP) is 2.23. The van der Waals surface area contributed by atoms with Gasteiger partial charge in [-0.3, -0.25) is 0 Å². The molecular weight excluding hydrogens is 238 g/mol. The summed E-state index contributed by atoms with van der Waals surface area (Å²) in [5.41, 5.74) is 6.99. The molecule has 0 unspecified atom stereocenters. The summed E-state index contributed by atoms with van der Waals surface area (Å²) in [5.74, 6) is 0.339.